The first-order chi connectivity index (χ1) is 7.10. The lowest BCUT2D eigenvalue weighted by atomic mass is 10.4. The molecule has 0 unspecified atom stereocenters. The Morgan fingerprint density at radius 2 is 2.33 bits per heavy atom. The highest BCUT2D eigenvalue weighted by atomic mass is 16.8. The van der Waals surface area contributed by atoms with Crippen LogP contribution in [0.5, 0.6) is 0 Å². The first kappa shape index (κ1) is 11.2. The Morgan fingerprint density at radius 1 is 1.67 bits per heavy atom. The molecule has 15 heavy (non-hydrogen) atoms. The molecule has 0 saturated carbocycles. The van der Waals surface area contributed by atoms with E-state index in [1.807, 2.05) is 0 Å². The molecule has 0 radical (unpaired) electrons. The van der Waals surface area contributed by atoms with E-state index in [1.165, 1.54) is 18.0 Å². The maximum atomic E-state index is 11.4. The number of rotatable bonds is 4. The molecule has 7 nitrogen and oxygen atoms in total. The molecule has 82 valence electrons. The molecule has 1 aromatic heterocycles. The van der Waals surface area contributed by atoms with E-state index in [-0.39, 0.29) is 22.9 Å². The second-order valence-electron chi connectivity index (χ2n) is 2.70. The van der Waals surface area contributed by atoms with Crippen LogP contribution in [0.3, 0.4) is 0 Å². The summed E-state index contributed by atoms with van der Waals surface area (Å²) >= 11 is 0. The first-order valence-electron chi connectivity index (χ1n) is 4.32. The largest absolute Gasteiger partial charge is 0.461 e. The fourth-order valence-electron chi connectivity index (χ4n) is 1.05. The van der Waals surface area contributed by atoms with Crippen molar-refractivity contribution in [3.63, 3.8) is 0 Å². The molecule has 0 aliphatic heterocycles. The molecule has 0 amide bonds. The van der Waals surface area contributed by atoms with E-state index in [0.29, 0.717) is 0 Å². The highest BCUT2D eigenvalue weighted by molar-refractivity contribution is 5.91. The number of nitrogens with zero attached hydrogens (tertiary/aromatic N) is 3. The van der Waals surface area contributed by atoms with Crippen LogP contribution in [0.2, 0.25) is 0 Å². The number of aryl methyl sites for hydroxylation is 1. The third kappa shape index (κ3) is 2.30. The Morgan fingerprint density at radius 3 is 2.87 bits per heavy atom. The fourth-order valence-corrected chi connectivity index (χ4v) is 1.05. The van der Waals surface area contributed by atoms with Crippen molar-refractivity contribution in [2.45, 2.75) is 6.92 Å². The molecule has 1 heterocycles. The Kier molecular flexibility index (Phi) is 3.37. The zero-order chi connectivity index (χ0) is 11.4. The van der Waals surface area contributed by atoms with Crippen LogP contribution >= 0.6 is 0 Å². The molecule has 1 rings (SSSR count). The van der Waals surface area contributed by atoms with Crippen LogP contribution in [0, 0.1) is 4.91 Å². The van der Waals surface area contributed by atoms with Crippen LogP contribution in [0.1, 0.15) is 17.4 Å². The summed E-state index contributed by atoms with van der Waals surface area (Å²) in [6, 6.07) is 0. The lowest BCUT2D eigenvalue weighted by Crippen LogP contribution is -2.09. The molecular weight excluding hydrogens is 202 g/mol. The fraction of sp³-hybridized carbons (Fsp3) is 0.500. The van der Waals surface area contributed by atoms with Gasteiger partial charge in [-0.3, -0.25) is 4.68 Å². The zero-order valence-electron chi connectivity index (χ0n) is 8.76. The van der Waals surface area contributed by atoms with E-state index in [4.69, 9.17) is 4.74 Å². The Bertz CT molecular complexity index is 385. The van der Waals surface area contributed by atoms with Gasteiger partial charge < -0.3 is 4.74 Å². The van der Waals surface area contributed by atoms with Crippen molar-refractivity contribution in [2.24, 2.45) is 7.05 Å². The quantitative estimate of drug-likeness (QED) is 0.541. The van der Waals surface area contributed by atoms with Crippen molar-refractivity contribution in [3.05, 3.63) is 16.8 Å². The van der Waals surface area contributed by atoms with Gasteiger partial charge in [0.25, 0.3) is 10.6 Å². The predicted octanol–water partition coefficient (Wildman–Crippen LogP) is 0.569. The van der Waals surface area contributed by atoms with E-state index in [9.17, 15) is 9.70 Å². The summed E-state index contributed by atoms with van der Waals surface area (Å²) in [6.07, 6.45) is 1.38. The summed E-state index contributed by atoms with van der Waals surface area (Å²) < 4.78 is 6.08. The van der Waals surface area contributed by atoms with Crippen molar-refractivity contribution < 1.29 is 19.3 Å². The van der Waals surface area contributed by atoms with Crippen LogP contribution in [-0.4, -0.2) is 34.4 Å². The van der Waals surface area contributed by atoms with Crippen LogP contribution in [0.4, 0.5) is 5.69 Å². The van der Waals surface area contributed by atoms with Gasteiger partial charge in [0.05, 0.1) is 11.5 Å². The molecule has 0 aliphatic rings. The summed E-state index contributed by atoms with van der Waals surface area (Å²) in [7, 11) is 2.80. The second-order valence-corrected chi connectivity index (χ2v) is 2.70. The van der Waals surface area contributed by atoms with Gasteiger partial charge in [-0.2, -0.15) is 5.10 Å². The summed E-state index contributed by atoms with van der Waals surface area (Å²) in [4.78, 5) is 27.2. The van der Waals surface area contributed by atoms with Gasteiger partial charge in [0.2, 0.25) is 0 Å². The number of hydrogen-bond acceptors (Lipinski definition) is 5. The molecule has 7 heteroatoms. The first-order valence-corrected chi connectivity index (χ1v) is 4.32. The van der Waals surface area contributed by atoms with E-state index in [1.54, 1.807) is 14.0 Å². The third-order valence-corrected chi connectivity index (χ3v) is 1.64. The highest BCUT2D eigenvalue weighted by Gasteiger charge is 2.30. The van der Waals surface area contributed by atoms with Crippen LogP contribution < -0.4 is 0 Å². The molecule has 0 aromatic carbocycles. The SMILES string of the molecule is CCOC(=O)c1nn(C)cc1[N+](=O)OC. The summed E-state index contributed by atoms with van der Waals surface area (Å²) in [5.41, 5.74) is -0.0327. The average Bonchev–Trinajstić information content (AvgIpc) is 2.59. The van der Waals surface area contributed by atoms with Gasteiger partial charge >= 0.3 is 11.7 Å². The van der Waals surface area contributed by atoms with Crippen LogP contribution in [0.25, 0.3) is 0 Å². The van der Waals surface area contributed by atoms with Crippen molar-refractivity contribution >= 4 is 11.7 Å². The molecule has 0 fully saturated rings. The van der Waals surface area contributed by atoms with Crippen molar-refractivity contribution in [1.82, 2.24) is 9.78 Å². The van der Waals surface area contributed by atoms with Gasteiger partial charge in [0.1, 0.15) is 6.20 Å². The molecule has 0 spiro atoms. The van der Waals surface area contributed by atoms with Gasteiger partial charge in [-0.1, -0.05) is 0 Å². The van der Waals surface area contributed by atoms with Crippen molar-refractivity contribution in [3.8, 4) is 0 Å². The lowest BCUT2D eigenvalue weighted by Gasteiger charge is -1.95. The molecule has 0 aliphatic carbocycles. The topological polar surface area (TPSA) is 73.4 Å². The summed E-state index contributed by atoms with van der Waals surface area (Å²) in [6.45, 7) is 1.90. The third-order valence-electron chi connectivity index (χ3n) is 1.64. The van der Waals surface area contributed by atoms with Gasteiger partial charge in [0.15, 0.2) is 7.11 Å². The van der Waals surface area contributed by atoms with E-state index in [2.05, 4.69) is 9.94 Å². The average molecular weight is 214 g/mol. The normalized spacial score (nSPS) is 9.80. The predicted molar refractivity (Wildman–Crippen MR) is 49.5 cm³/mol. The Hall–Kier alpha value is -1.92. The molecule has 0 bridgehead atoms. The molecular formula is C8H12N3O4+. The molecule has 0 N–H and O–H groups in total. The number of carbonyl (C=O) groups excluding carboxylic acids is 1. The maximum absolute atomic E-state index is 11.4. The maximum Gasteiger partial charge on any atom is 0.369 e. The van der Waals surface area contributed by atoms with E-state index in [0.717, 1.165) is 0 Å². The smallest absolute Gasteiger partial charge is 0.369 e. The minimum absolute atomic E-state index is 0.0263. The summed E-state index contributed by atoms with van der Waals surface area (Å²) in [5, 5.41) is 3.82. The zero-order valence-corrected chi connectivity index (χ0v) is 8.76. The molecule has 0 atom stereocenters. The van der Waals surface area contributed by atoms with Crippen LogP contribution in [0.15, 0.2) is 6.20 Å². The number of ether oxygens (including phenoxy) is 1. The Labute approximate surface area is 86.1 Å². The number of carbonyl (C=O) groups is 1. The van der Waals surface area contributed by atoms with Crippen LogP contribution in [-0.2, 0) is 16.6 Å². The molecule has 0 saturated heterocycles. The number of aromatic nitrogens is 2. The van der Waals surface area contributed by atoms with Gasteiger partial charge in [-0.05, 0) is 6.92 Å². The van der Waals surface area contributed by atoms with Crippen molar-refractivity contribution in [2.75, 3.05) is 13.7 Å². The monoisotopic (exact) mass is 214 g/mol. The van der Waals surface area contributed by atoms with E-state index >= 15 is 0 Å². The summed E-state index contributed by atoms with van der Waals surface area (Å²) in [5.74, 6) is -0.647. The number of hydrogen-bond donors (Lipinski definition) is 0. The minimum Gasteiger partial charge on any atom is -0.461 e. The van der Waals surface area contributed by atoms with Gasteiger partial charge in [0, 0.05) is 7.05 Å². The van der Waals surface area contributed by atoms with E-state index < -0.39 is 5.97 Å². The molecule has 1 aromatic rings. The van der Waals surface area contributed by atoms with Gasteiger partial charge in [-0.25, -0.2) is 9.63 Å². The second kappa shape index (κ2) is 4.54. The Balaban J connectivity index is 3.06. The van der Waals surface area contributed by atoms with Crippen molar-refractivity contribution in [1.29, 1.82) is 0 Å². The van der Waals surface area contributed by atoms with Gasteiger partial charge in [-0.15, -0.1) is 0 Å². The highest BCUT2D eigenvalue weighted by Crippen LogP contribution is 2.17. The standard InChI is InChI=1S/C8H12N3O4/c1-4-15-8(12)7-6(11(13)14-3)5-10(2)9-7/h5H,4H2,1-3H3/q+1. The number of esters is 1. The minimum atomic E-state index is -0.647. The lowest BCUT2D eigenvalue weighted by molar-refractivity contribution is -0.736.